The molecule has 13 heteroatoms. The van der Waals surface area contributed by atoms with Crippen molar-refractivity contribution in [3.63, 3.8) is 0 Å². The van der Waals surface area contributed by atoms with Gasteiger partial charge in [0.25, 0.3) is 5.91 Å². The molecule has 0 radical (unpaired) electrons. The maximum atomic E-state index is 12.9. The number of anilines is 2. The highest BCUT2D eigenvalue weighted by atomic mass is 19.4. The second kappa shape index (κ2) is 5.68. The number of halogens is 5. The average Bonchev–Trinajstić information content (AvgIpc) is 3.10. The molecule has 0 saturated carbocycles. The van der Waals surface area contributed by atoms with Gasteiger partial charge in [-0.05, 0) is 6.07 Å². The summed E-state index contributed by atoms with van der Waals surface area (Å²) < 4.78 is 64.9. The largest absolute Gasteiger partial charge is 0.437 e. The Hall–Kier alpha value is -3.25. The number of alkyl halides is 5. The summed E-state index contributed by atoms with van der Waals surface area (Å²) in [4.78, 5) is 16.1. The zero-order valence-corrected chi connectivity index (χ0v) is 12.0. The van der Waals surface area contributed by atoms with E-state index in [9.17, 15) is 26.7 Å². The molecule has 3 N–H and O–H groups in total. The van der Waals surface area contributed by atoms with Gasteiger partial charge in [-0.1, -0.05) is 0 Å². The molecule has 3 aromatic rings. The SMILES string of the molecule is Nc1ccn2ncc(C(=O)Nc3cn(C(F)F)nc3C(F)(F)F)c2n1. The smallest absolute Gasteiger partial charge is 0.384 e. The zero-order chi connectivity index (χ0) is 18.4. The highest BCUT2D eigenvalue weighted by Gasteiger charge is 2.38. The van der Waals surface area contributed by atoms with Crippen molar-refractivity contribution >= 4 is 23.1 Å². The normalized spacial score (nSPS) is 12.1. The van der Waals surface area contributed by atoms with Crippen LogP contribution < -0.4 is 11.1 Å². The molecule has 3 heterocycles. The average molecular weight is 361 g/mol. The number of hydrogen-bond donors (Lipinski definition) is 2. The lowest BCUT2D eigenvalue weighted by Crippen LogP contribution is -2.16. The van der Waals surface area contributed by atoms with Gasteiger partial charge >= 0.3 is 12.7 Å². The van der Waals surface area contributed by atoms with Crippen LogP contribution in [0.4, 0.5) is 33.5 Å². The topological polar surface area (TPSA) is 103 Å². The number of fused-ring (bicyclic) bond motifs is 1. The van der Waals surface area contributed by atoms with Crippen molar-refractivity contribution in [3.8, 4) is 0 Å². The maximum absolute atomic E-state index is 12.9. The fourth-order valence-electron chi connectivity index (χ4n) is 2.03. The van der Waals surface area contributed by atoms with Crippen LogP contribution in [0.5, 0.6) is 0 Å². The standard InChI is InChI=1S/C12H8F5N7O/c13-11(14)24-4-6(8(22-24)12(15,16)17)20-10(25)5-3-19-23-2-1-7(18)21-9(5)23/h1-4,11H,(H2,18,21)(H,20,25). The van der Waals surface area contributed by atoms with Crippen LogP contribution in [0.3, 0.4) is 0 Å². The van der Waals surface area contributed by atoms with Crippen molar-refractivity contribution in [2.75, 3.05) is 11.1 Å². The second-order valence-corrected chi connectivity index (χ2v) is 4.78. The molecule has 0 aliphatic heterocycles. The highest BCUT2D eigenvalue weighted by molar-refractivity contribution is 6.08. The third kappa shape index (κ3) is 3.07. The van der Waals surface area contributed by atoms with Crippen LogP contribution >= 0.6 is 0 Å². The van der Waals surface area contributed by atoms with Crippen LogP contribution in [0.1, 0.15) is 22.6 Å². The molecule has 0 fully saturated rings. The summed E-state index contributed by atoms with van der Waals surface area (Å²) in [6.45, 7) is -3.30. The minimum Gasteiger partial charge on any atom is -0.384 e. The predicted molar refractivity (Wildman–Crippen MR) is 73.8 cm³/mol. The number of nitrogens with two attached hydrogens (primary N) is 1. The molecule has 0 aliphatic carbocycles. The van der Waals surface area contributed by atoms with E-state index in [-0.39, 0.29) is 21.7 Å². The van der Waals surface area contributed by atoms with E-state index in [0.29, 0.717) is 6.20 Å². The molecule has 0 bridgehead atoms. The van der Waals surface area contributed by atoms with E-state index >= 15 is 0 Å². The number of nitrogens with one attached hydrogen (secondary N) is 1. The molecule has 0 unspecified atom stereocenters. The van der Waals surface area contributed by atoms with Crippen molar-refractivity contribution in [2.45, 2.75) is 12.7 Å². The Morgan fingerprint density at radius 1 is 1.32 bits per heavy atom. The molecule has 0 aromatic carbocycles. The Balaban J connectivity index is 1.98. The predicted octanol–water partition coefficient (Wildman–Crippen LogP) is 2.17. The van der Waals surface area contributed by atoms with Crippen molar-refractivity contribution in [1.29, 1.82) is 0 Å². The van der Waals surface area contributed by atoms with E-state index < -0.39 is 30.0 Å². The molecular weight excluding hydrogens is 353 g/mol. The Labute approximate surface area is 135 Å². The molecule has 1 amide bonds. The summed E-state index contributed by atoms with van der Waals surface area (Å²) in [6, 6.07) is 1.40. The summed E-state index contributed by atoms with van der Waals surface area (Å²) in [5.41, 5.74) is 2.73. The summed E-state index contributed by atoms with van der Waals surface area (Å²) in [7, 11) is 0. The number of nitrogen functional groups attached to an aromatic ring is 1. The number of hydrogen-bond acceptors (Lipinski definition) is 5. The van der Waals surface area contributed by atoms with Crippen molar-refractivity contribution in [3.05, 3.63) is 35.9 Å². The van der Waals surface area contributed by atoms with Crippen LogP contribution in [0.25, 0.3) is 5.65 Å². The summed E-state index contributed by atoms with van der Waals surface area (Å²) >= 11 is 0. The van der Waals surface area contributed by atoms with Crippen LogP contribution in [0.15, 0.2) is 24.7 Å². The van der Waals surface area contributed by atoms with Crippen molar-refractivity contribution in [2.24, 2.45) is 0 Å². The first-order valence-corrected chi connectivity index (χ1v) is 6.52. The van der Waals surface area contributed by atoms with Gasteiger partial charge in [0.15, 0.2) is 11.3 Å². The monoisotopic (exact) mass is 361 g/mol. The number of nitrogens with zero attached hydrogens (tertiary/aromatic N) is 5. The van der Waals surface area contributed by atoms with E-state index in [1.807, 2.05) is 5.32 Å². The van der Waals surface area contributed by atoms with Gasteiger partial charge in [0, 0.05) is 6.20 Å². The quantitative estimate of drug-likeness (QED) is 0.696. The first kappa shape index (κ1) is 16.6. The molecule has 0 spiro atoms. The van der Waals surface area contributed by atoms with Gasteiger partial charge in [0.05, 0.1) is 18.1 Å². The van der Waals surface area contributed by atoms with Gasteiger partial charge in [-0.2, -0.15) is 32.1 Å². The third-order valence-corrected chi connectivity index (χ3v) is 3.08. The van der Waals surface area contributed by atoms with Gasteiger partial charge in [0.1, 0.15) is 11.4 Å². The Kier molecular flexibility index (Phi) is 3.77. The van der Waals surface area contributed by atoms with Gasteiger partial charge in [0.2, 0.25) is 0 Å². The molecule has 0 saturated heterocycles. The van der Waals surface area contributed by atoms with Crippen molar-refractivity contribution < 1.29 is 26.7 Å². The minimum absolute atomic E-state index is 0.00712. The minimum atomic E-state index is -5.04. The maximum Gasteiger partial charge on any atom is 0.437 e. The van der Waals surface area contributed by atoms with Crippen LogP contribution in [-0.2, 0) is 6.18 Å². The highest BCUT2D eigenvalue weighted by Crippen LogP contribution is 2.34. The van der Waals surface area contributed by atoms with Crippen LogP contribution in [-0.4, -0.2) is 30.3 Å². The first-order chi connectivity index (χ1) is 11.7. The molecule has 25 heavy (non-hydrogen) atoms. The van der Waals surface area contributed by atoms with Crippen molar-refractivity contribution in [1.82, 2.24) is 24.4 Å². The van der Waals surface area contributed by atoms with E-state index in [1.165, 1.54) is 16.8 Å². The molecule has 0 aliphatic rings. The van der Waals surface area contributed by atoms with E-state index in [0.717, 1.165) is 6.20 Å². The molecule has 8 nitrogen and oxygen atoms in total. The number of aromatic nitrogens is 5. The van der Waals surface area contributed by atoms with E-state index in [4.69, 9.17) is 5.73 Å². The first-order valence-electron chi connectivity index (χ1n) is 6.52. The molecule has 0 atom stereocenters. The van der Waals surface area contributed by atoms with E-state index in [2.05, 4.69) is 15.2 Å². The fraction of sp³-hybridized carbons (Fsp3) is 0.167. The Bertz CT molecular complexity index is 945. The van der Waals surface area contributed by atoms with Gasteiger partial charge in [-0.3, -0.25) is 4.79 Å². The van der Waals surface area contributed by atoms with Gasteiger partial charge in [-0.25, -0.2) is 14.2 Å². The lowest BCUT2D eigenvalue weighted by molar-refractivity contribution is -0.141. The summed E-state index contributed by atoms with van der Waals surface area (Å²) in [5, 5.41) is 8.46. The fourth-order valence-corrected chi connectivity index (χ4v) is 2.03. The Morgan fingerprint density at radius 2 is 2.04 bits per heavy atom. The number of amides is 1. The molecule has 132 valence electrons. The molecular formula is C12H8F5N7O. The number of rotatable bonds is 3. The Morgan fingerprint density at radius 3 is 2.68 bits per heavy atom. The van der Waals surface area contributed by atoms with Gasteiger partial charge in [-0.15, -0.1) is 0 Å². The third-order valence-electron chi connectivity index (χ3n) is 3.08. The van der Waals surface area contributed by atoms with E-state index in [1.54, 1.807) is 0 Å². The lowest BCUT2D eigenvalue weighted by atomic mass is 10.3. The number of carbonyl (C=O) groups is 1. The molecule has 3 rings (SSSR count). The number of carbonyl (C=O) groups excluding carboxylic acids is 1. The molecule has 3 aromatic heterocycles. The summed E-state index contributed by atoms with van der Waals surface area (Å²) in [5.74, 6) is -0.976. The lowest BCUT2D eigenvalue weighted by Gasteiger charge is -2.06. The van der Waals surface area contributed by atoms with Crippen LogP contribution in [0, 0.1) is 0 Å². The summed E-state index contributed by atoms with van der Waals surface area (Å²) in [6.07, 6.45) is -2.20. The van der Waals surface area contributed by atoms with Gasteiger partial charge < -0.3 is 11.1 Å². The van der Waals surface area contributed by atoms with Crippen LogP contribution in [0.2, 0.25) is 0 Å². The zero-order valence-electron chi connectivity index (χ0n) is 12.0. The second-order valence-electron chi connectivity index (χ2n) is 4.78.